The molecule has 3 rings (SSSR count). The van der Waals surface area contributed by atoms with E-state index in [1.807, 2.05) is 53.4 Å². The molecule has 0 spiro atoms. The summed E-state index contributed by atoms with van der Waals surface area (Å²) in [6, 6.07) is 15.4. The zero-order valence-electron chi connectivity index (χ0n) is 15.5. The lowest BCUT2D eigenvalue weighted by atomic mass is 9.97. The van der Waals surface area contributed by atoms with Crippen molar-refractivity contribution in [2.75, 3.05) is 20.3 Å². The SMILES string of the molecule is COc1cc(OCc2ccccc2)ccc1CN1C[C@H](O)C(O)C[C@@H]1CO. The van der Waals surface area contributed by atoms with E-state index >= 15 is 0 Å². The Hall–Kier alpha value is -2.12. The fourth-order valence-electron chi connectivity index (χ4n) is 3.38. The van der Waals surface area contributed by atoms with Crippen LogP contribution in [-0.2, 0) is 13.2 Å². The van der Waals surface area contributed by atoms with Gasteiger partial charge in [-0.15, -0.1) is 0 Å². The zero-order chi connectivity index (χ0) is 19.2. The molecule has 0 bridgehead atoms. The van der Waals surface area contributed by atoms with Crippen LogP contribution in [0.5, 0.6) is 11.5 Å². The topological polar surface area (TPSA) is 82.4 Å². The molecule has 27 heavy (non-hydrogen) atoms. The highest BCUT2D eigenvalue weighted by Crippen LogP contribution is 2.29. The largest absolute Gasteiger partial charge is 0.496 e. The van der Waals surface area contributed by atoms with E-state index in [4.69, 9.17) is 9.47 Å². The number of aliphatic hydroxyl groups excluding tert-OH is 3. The first-order chi connectivity index (χ1) is 13.1. The molecule has 1 saturated heterocycles. The average molecular weight is 373 g/mol. The normalized spacial score (nSPS) is 23.2. The summed E-state index contributed by atoms with van der Waals surface area (Å²) >= 11 is 0. The third-order valence-electron chi connectivity index (χ3n) is 4.99. The number of piperidine rings is 1. The summed E-state index contributed by atoms with van der Waals surface area (Å²) in [5, 5.41) is 29.4. The number of nitrogens with zero attached hydrogens (tertiary/aromatic N) is 1. The minimum absolute atomic E-state index is 0.0651. The molecule has 3 atom stereocenters. The van der Waals surface area contributed by atoms with Gasteiger partial charge in [-0.3, -0.25) is 4.90 Å². The maximum absolute atomic E-state index is 9.96. The predicted molar refractivity (Wildman–Crippen MR) is 102 cm³/mol. The molecular formula is C21H27NO5. The zero-order valence-corrected chi connectivity index (χ0v) is 15.5. The van der Waals surface area contributed by atoms with Gasteiger partial charge in [-0.05, 0) is 18.1 Å². The number of rotatable bonds is 7. The van der Waals surface area contributed by atoms with Gasteiger partial charge >= 0.3 is 0 Å². The first-order valence-electron chi connectivity index (χ1n) is 9.15. The van der Waals surface area contributed by atoms with Crippen LogP contribution in [0.25, 0.3) is 0 Å². The van der Waals surface area contributed by atoms with Gasteiger partial charge in [0.25, 0.3) is 0 Å². The molecular weight excluding hydrogens is 346 g/mol. The molecule has 2 aromatic carbocycles. The second-order valence-corrected chi connectivity index (χ2v) is 6.88. The van der Waals surface area contributed by atoms with Crippen LogP contribution in [0.1, 0.15) is 17.5 Å². The number of β-amino-alcohol motifs (C(OH)–C–C–N with tert-alkyl or cyclic N) is 1. The molecule has 0 aliphatic carbocycles. The molecule has 146 valence electrons. The summed E-state index contributed by atoms with van der Waals surface area (Å²) < 4.78 is 11.4. The van der Waals surface area contributed by atoms with Gasteiger partial charge in [-0.2, -0.15) is 0 Å². The number of methoxy groups -OCH3 is 1. The molecule has 3 N–H and O–H groups in total. The number of likely N-dealkylation sites (tertiary alicyclic amines) is 1. The highest BCUT2D eigenvalue weighted by Gasteiger charge is 2.33. The monoisotopic (exact) mass is 373 g/mol. The predicted octanol–water partition coefficient (Wildman–Crippen LogP) is 1.56. The van der Waals surface area contributed by atoms with Gasteiger partial charge in [-0.25, -0.2) is 0 Å². The first kappa shape index (κ1) is 19.6. The van der Waals surface area contributed by atoms with E-state index in [9.17, 15) is 15.3 Å². The minimum atomic E-state index is -0.813. The molecule has 0 aromatic heterocycles. The van der Waals surface area contributed by atoms with Crippen molar-refractivity contribution >= 4 is 0 Å². The highest BCUT2D eigenvalue weighted by atomic mass is 16.5. The van der Waals surface area contributed by atoms with Crippen LogP contribution in [0, 0.1) is 0 Å². The molecule has 0 saturated carbocycles. The third kappa shape index (κ3) is 4.99. The molecule has 0 radical (unpaired) electrons. The molecule has 6 heteroatoms. The standard InChI is InChI=1S/C21H27NO5/c1-26-21-10-18(27-14-15-5-3-2-4-6-15)8-7-16(21)11-22-12-20(25)19(24)9-17(22)13-23/h2-8,10,17,19-20,23-25H,9,11-14H2,1H3/t17-,19?,20+/m1/s1. The quantitative estimate of drug-likeness (QED) is 0.683. The van der Waals surface area contributed by atoms with Gasteiger partial charge in [0.05, 0.1) is 25.9 Å². The van der Waals surface area contributed by atoms with E-state index < -0.39 is 12.2 Å². The molecule has 6 nitrogen and oxygen atoms in total. The molecule has 1 fully saturated rings. The van der Waals surface area contributed by atoms with Crippen molar-refractivity contribution in [3.05, 3.63) is 59.7 Å². The van der Waals surface area contributed by atoms with E-state index in [2.05, 4.69) is 0 Å². The molecule has 1 unspecified atom stereocenters. The van der Waals surface area contributed by atoms with Gasteiger partial charge in [0, 0.05) is 30.8 Å². The fraction of sp³-hybridized carbons (Fsp3) is 0.429. The van der Waals surface area contributed by atoms with Crippen molar-refractivity contribution in [3.8, 4) is 11.5 Å². The summed E-state index contributed by atoms with van der Waals surface area (Å²) in [6.07, 6.45) is -1.26. The van der Waals surface area contributed by atoms with Crippen LogP contribution < -0.4 is 9.47 Å². The number of ether oxygens (including phenoxy) is 2. The van der Waals surface area contributed by atoms with Crippen molar-refractivity contribution in [2.24, 2.45) is 0 Å². The minimum Gasteiger partial charge on any atom is -0.496 e. The molecule has 2 aromatic rings. The third-order valence-corrected chi connectivity index (χ3v) is 4.99. The highest BCUT2D eigenvalue weighted by molar-refractivity contribution is 5.41. The number of hydrogen-bond donors (Lipinski definition) is 3. The summed E-state index contributed by atoms with van der Waals surface area (Å²) in [7, 11) is 1.61. The Morgan fingerprint density at radius 2 is 1.85 bits per heavy atom. The Labute approximate surface area is 159 Å². The Kier molecular flexibility index (Phi) is 6.68. The van der Waals surface area contributed by atoms with E-state index in [-0.39, 0.29) is 12.6 Å². The molecule has 1 aliphatic heterocycles. The van der Waals surface area contributed by atoms with Crippen LogP contribution in [0.15, 0.2) is 48.5 Å². The van der Waals surface area contributed by atoms with Crippen molar-refractivity contribution < 1.29 is 24.8 Å². The lowest BCUT2D eigenvalue weighted by Crippen LogP contribution is -2.53. The summed E-state index contributed by atoms with van der Waals surface area (Å²) in [5.41, 5.74) is 2.03. The van der Waals surface area contributed by atoms with Gasteiger partial charge in [0.1, 0.15) is 18.1 Å². The lowest BCUT2D eigenvalue weighted by molar-refractivity contribution is -0.0736. The van der Waals surface area contributed by atoms with Crippen molar-refractivity contribution in [3.63, 3.8) is 0 Å². The van der Waals surface area contributed by atoms with Crippen LogP contribution in [-0.4, -0.2) is 58.7 Å². The van der Waals surface area contributed by atoms with Crippen LogP contribution in [0.3, 0.4) is 0 Å². The van der Waals surface area contributed by atoms with Gasteiger partial charge in [-0.1, -0.05) is 36.4 Å². The maximum Gasteiger partial charge on any atom is 0.127 e. The van der Waals surface area contributed by atoms with E-state index in [1.165, 1.54) is 0 Å². The molecule has 1 aliphatic rings. The van der Waals surface area contributed by atoms with E-state index in [1.54, 1.807) is 7.11 Å². The molecule has 1 heterocycles. The second kappa shape index (κ2) is 9.19. The van der Waals surface area contributed by atoms with Crippen LogP contribution in [0.2, 0.25) is 0 Å². The Balaban J connectivity index is 1.68. The summed E-state index contributed by atoms with van der Waals surface area (Å²) in [4.78, 5) is 1.97. The van der Waals surface area contributed by atoms with Crippen molar-refractivity contribution in [2.45, 2.75) is 37.8 Å². The molecule has 0 amide bonds. The average Bonchev–Trinajstić information content (AvgIpc) is 2.70. The smallest absolute Gasteiger partial charge is 0.127 e. The van der Waals surface area contributed by atoms with Crippen molar-refractivity contribution in [1.82, 2.24) is 4.90 Å². The Morgan fingerprint density at radius 3 is 2.56 bits per heavy atom. The van der Waals surface area contributed by atoms with Crippen LogP contribution in [0.4, 0.5) is 0 Å². The maximum atomic E-state index is 9.96. The lowest BCUT2D eigenvalue weighted by Gasteiger charge is -2.39. The van der Waals surface area contributed by atoms with Gasteiger partial charge in [0.15, 0.2) is 0 Å². The fourth-order valence-corrected chi connectivity index (χ4v) is 3.38. The van der Waals surface area contributed by atoms with E-state index in [0.29, 0.717) is 37.6 Å². The van der Waals surface area contributed by atoms with E-state index in [0.717, 1.165) is 11.1 Å². The Bertz CT molecular complexity index is 724. The first-order valence-corrected chi connectivity index (χ1v) is 9.15. The van der Waals surface area contributed by atoms with Gasteiger partial charge in [0.2, 0.25) is 0 Å². The number of benzene rings is 2. The van der Waals surface area contributed by atoms with Crippen LogP contribution >= 0.6 is 0 Å². The summed E-state index contributed by atoms with van der Waals surface area (Å²) in [5.74, 6) is 1.41. The van der Waals surface area contributed by atoms with Crippen molar-refractivity contribution in [1.29, 1.82) is 0 Å². The van der Waals surface area contributed by atoms with Gasteiger partial charge < -0.3 is 24.8 Å². The summed E-state index contributed by atoms with van der Waals surface area (Å²) in [6.45, 7) is 1.23. The second-order valence-electron chi connectivity index (χ2n) is 6.88. The Morgan fingerprint density at radius 1 is 1.07 bits per heavy atom. The number of hydrogen-bond acceptors (Lipinski definition) is 6. The number of aliphatic hydroxyl groups is 3.